The molecular weight excluding hydrogens is 472 g/mol. The molecule has 0 unspecified atom stereocenters. The fourth-order valence-corrected chi connectivity index (χ4v) is 5.39. The Morgan fingerprint density at radius 3 is 2.54 bits per heavy atom. The summed E-state index contributed by atoms with van der Waals surface area (Å²) >= 11 is 0. The van der Waals surface area contributed by atoms with Crippen molar-refractivity contribution >= 4 is 21.7 Å². The number of carbonyl (C=O) groups excluding carboxylic acids is 1. The summed E-state index contributed by atoms with van der Waals surface area (Å²) in [7, 11) is -2.80. The lowest BCUT2D eigenvalue weighted by molar-refractivity contribution is -0.385. The minimum atomic E-state index is -4.12. The zero-order valence-electron chi connectivity index (χ0n) is 19.2. The van der Waals surface area contributed by atoms with Gasteiger partial charge in [-0.05, 0) is 65.8 Å². The van der Waals surface area contributed by atoms with Gasteiger partial charge >= 0.3 is 11.7 Å². The molecule has 1 N–H and O–H groups in total. The molecule has 0 amide bonds. The van der Waals surface area contributed by atoms with Gasteiger partial charge in [-0.2, -0.15) is 4.72 Å². The first-order valence-electron chi connectivity index (χ1n) is 10.9. The van der Waals surface area contributed by atoms with E-state index in [1.807, 2.05) is 24.3 Å². The van der Waals surface area contributed by atoms with Gasteiger partial charge in [-0.3, -0.25) is 14.9 Å². The molecule has 3 aromatic rings. The molecule has 182 valence electrons. The van der Waals surface area contributed by atoms with Crippen molar-refractivity contribution in [2.75, 3.05) is 13.7 Å². The number of carbonyl (C=O) groups is 1. The first-order valence-corrected chi connectivity index (χ1v) is 12.4. The third-order valence-electron chi connectivity index (χ3n) is 5.83. The second-order valence-electron chi connectivity index (χ2n) is 8.05. The topological polar surface area (TPSA) is 125 Å². The number of hydrogen-bond donors (Lipinski definition) is 1. The predicted octanol–water partition coefficient (Wildman–Crippen LogP) is 3.63. The number of fused-ring (bicyclic) bond motifs is 3. The Labute approximate surface area is 202 Å². The number of methoxy groups -OCH3 is 1. The van der Waals surface area contributed by atoms with Crippen LogP contribution in [-0.4, -0.2) is 39.1 Å². The van der Waals surface area contributed by atoms with Crippen LogP contribution < -0.4 is 9.46 Å². The Hall–Kier alpha value is -3.76. The van der Waals surface area contributed by atoms with Gasteiger partial charge in [0.15, 0.2) is 5.75 Å². The van der Waals surface area contributed by atoms with Crippen molar-refractivity contribution in [3.63, 3.8) is 0 Å². The Morgan fingerprint density at radius 1 is 1.09 bits per heavy atom. The van der Waals surface area contributed by atoms with E-state index in [1.165, 1.54) is 25.3 Å². The molecule has 35 heavy (non-hydrogen) atoms. The second-order valence-corrected chi connectivity index (χ2v) is 9.76. The molecule has 0 aromatic heterocycles. The highest BCUT2D eigenvalue weighted by molar-refractivity contribution is 7.89. The van der Waals surface area contributed by atoms with Gasteiger partial charge in [-0.15, -0.1) is 0 Å². The summed E-state index contributed by atoms with van der Waals surface area (Å²) in [5.74, 6) is -0.716. The van der Waals surface area contributed by atoms with Crippen molar-refractivity contribution in [1.29, 1.82) is 0 Å². The van der Waals surface area contributed by atoms with E-state index in [0.29, 0.717) is 5.56 Å². The highest BCUT2D eigenvalue weighted by Crippen LogP contribution is 2.37. The van der Waals surface area contributed by atoms with Gasteiger partial charge < -0.3 is 9.47 Å². The number of nitrogens with zero attached hydrogens (tertiary/aromatic N) is 1. The number of esters is 1. The molecule has 3 aromatic carbocycles. The van der Waals surface area contributed by atoms with Crippen LogP contribution in [0, 0.1) is 10.1 Å². The Balaban J connectivity index is 1.64. The van der Waals surface area contributed by atoms with Crippen LogP contribution in [0.3, 0.4) is 0 Å². The second kappa shape index (κ2) is 9.85. The molecule has 0 fully saturated rings. The summed E-state index contributed by atoms with van der Waals surface area (Å²) in [4.78, 5) is 23.4. The van der Waals surface area contributed by atoms with E-state index >= 15 is 0 Å². The molecular formula is C25H24N2O7S. The highest BCUT2D eigenvalue weighted by Gasteiger charge is 2.29. The molecule has 1 aliphatic rings. The van der Waals surface area contributed by atoms with E-state index in [2.05, 4.69) is 4.72 Å². The van der Waals surface area contributed by atoms with Gasteiger partial charge in [0.1, 0.15) is 6.04 Å². The third kappa shape index (κ3) is 5.03. The van der Waals surface area contributed by atoms with E-state index in [-0.39, 0.29) is 29.4 Å². The van der Waals surface area contributed by atoms with Gasteiger partial charge in [0, 0.05) is 6.07 Å². The average Bonchev–Trinajstić information content (AvgIpc) is 3.21. The van der Waals surface area contributed by atoms with E-state index < -0.39 is 27.0 Å². The Morgan fingerprint density at radius 2 is 1.83 bits per heavy atom. The number of nitro groups is 1. The monoisotopic (exact) mass is 496 g/mol. The summed E-state index contributed by atoms with van der Waals surface area (Å²) in [6, 6.07) is 15.6. The minimum absolute atomic E-state index is 0.0166. The van der Waals surface area contributed by atoms with Gasteiger partial charge in [-0.25, -0.2) is 8.42 Å². The van der Waals surface area contributed by atoms with Crippen LogP contribution in [0.25, 0.3) is 11.1 Å². The summed E-state index contributed by atoms with van der Waals surface area (Å²) < 4.78 is 39.1. The number of ether oxygens (including phenoxy) is 2. The van der Waals surface area contributed by atoms with Gasteiger partial charge in [0.25, 0.3) is 0 Å². The van der Waals surface area contributed by atoms with E-state index in [1.54, 1.807) is 25.1 Å². The Bertz CT molecular complexity index is 1400. The molecule has 0 spiro atoms. The summed E-state index contributed by atoms with van der Waals surface area (Å²) in [5.41, 5.74) is 4.05. The molecule has 0 radical (unpaired) electrons. The molecule has 1 aliphatic carbocycles. The lowest BCUT2D eigenvalue weighted by atomic mass is 10.1. The fraction of sp³-hybridized carbons (Fsp3) is 0.240. The Kier molecular flexibility index (Phi) is 6.86. The summed E-state index contributed by atoms with van der Waals surface area (Å²) in [5, 5.41) is 11.4. The summed E-state index contributed by atoms with van der Waals surface area (Å²) in [6.45, 7) is 1.66. The number of rotatable bonds is 9. The van der Waals surface area contributed by atoms with Crippen molar-refractivity contribution < 1.29 is 27.6 Å². The van der Waals surface area contributed by atoms with Crippen LogP contribution >= 0.6 is 0 Å². The molecule has 0 saturated heterocycles. The fourth-order valence-electron chi connectivity index (χ4n) is 4.18. The average molecular weight is 497 g/mol. The maximum absolute atomic E-state index is 13.3. The standard InChI is InChI=1S/C25H24N2O7S/c1-3-34-25(28)22(12-16-8-11-24(33-2)23(13-16)27(29)30)26-35(31,32)19-10-9-18-14-17-6-4-5-7-20(17)21(18)15-19/h4-11,13,15,22,26H,3,12,14H2,1-2H3/t22-/m0/s1. The highest BCUT2D eigenvalue weighted by atomic mass is 32.2. The lowest BCUT2D eigenvalue weighted by Crippen LogP contribution is -2.43. The van der Waals surface area contributed by atoms with Gasteiger partial charge in [0.2, 0.25) is 10.0 Å². The SMILES string of the molecule is CCOC(=O)[C@H](Cc1ccc(OC)c([N+](=O)[O-])c1)NS(=O)(=O)c1ccc2c(c1)-c1ccccc1C2. The van der Waals surface area contributed by atoms with E-state index in [4.69, 9.17) is 9.47 Å². The quantitative estimate of drug-likeness (QED) is 0.213. The van der Waals surface area contributed by atoms with Crippen LogP contribution in [-0.2, 0) is 32.4 Å². The van der Waals surface area contributed by atoms with Crippen LogP contribution in [0.4, 0.5) is 5.69 Å². The van der Waals surface area contributed by atoms with Crippen molar-refractivity contribution in [3.05, 3.63) is 87.5 Å². The minimum Gasteiger partial charge on any atom is -0.490 e. The molecule has 4 rings (SSSR count). The van der Waals surface area contributed by atoms with E-state index in [0.717, 1.165) is 28.7 Å². The number of nitro benzene ring substituents is 1. The van der Waals surface area contributed by atoms with Gasteiger partial charge in [0.05, 0.1) is 23.5 Å². The zero-order chi connectivity index (χ0) is 25.2. The molecule has 9 nitrogen and oxygen atoms in total. The summed E-state index contributed by atoms with van der Waals surface area (Å²) in [6.07, 6.45) is 0.581. The van der Waals surface area contributed by atoms with E-state index in [9.17, 15) is 23.3 Å². The smallest absolute Gasteiger partial charge is 0.324 e. The lowest BCUT2D eigenvalue weighted by Gasteiger charge is -2.18. The first kappa shape index (κ1) is 24.4. The van der Waals surface area contributed by atoms with Crippen molar-refractivity contribution in [3.8, 4) is 16.9 Å². The molecule has 1 atom stereocenters. The molecule has 0 saturated carbocycles. The normalized spacial score (nSPS) is 13.0. The van der Waals surface area contributed by atoms with Crippen molar-refractivity contribution in [1.82, 2.24) is 4.72 Å². The zero-order valence-corrected chi connectivity index (χ0v) is 20.0. The molecule has 0 bridgehead atoms. The first-order chi connectivity index (χ1) is 16.7. The molecule has 10 heteroatoms. The van der Waals surface area contributed by atoms with Gasteiger partial charge in [-0.1, -0.05) is 36.4 Å². The number of sulfonamides is 1. The maximum Gasteiger partial charge on any atom is 0.324 e. The third-order valence-corrected chi connectivity index (χ3v) is 7.30. The largest absolute Gasteiger partial charge is 0.490 e. The maximum atomic E-state index is 13.3. The molecule has 0 aliphatic heterocycles. The number of nitrogens with one attached hydrogen (secondary N) is 1. The van der Waals surface area contributed by atoms with Crippen LogP contribution in [0.15, 0.2) is 65.6 Å². The van der Waals surface area contributed by atoms with Crippen LogP contribution in [0.5, 0.6) is 5.75 Å². The van der Waals surface area contributed by atoms with Crippen molar-refractivity contribution in [2.45, 2.75) is 30.7 Å². The molecule has 0 heterocycles. The number of benzene rings is 3. The van der Waals surface area contributed by atoms with Crippen molar-refractivity contribution in [2.24, 2.45) is 0 Å². The van der Waals surface area contributed by atoms with Crippen LogP contribution in [0.2, 0.25) is 0 Å². The predicted molar refractivity (Wildman–Crippen MR) is 129 cm³/mol. The van der Waals surface area contributed by atoms with Crippen LogP contribution in [0.1, 0.15) is 23.6 Å². The number of hydrogen-bond acceptors (Lipinski definition) is 7.